The van der Waals surface area contributed by atoms with Crippen LogP contribution in [0.3, 0.4) is 0 Å². The molecule has 0 aliphatic carbocycles. The first kappa shape index (κ1) is 10.4. The van der Waals surface area contributed by atoms with Gasteiger partial charge in [-0.2, -0.15) is 0 Å². The molecule has 0 bridgehead atoms. The van der Waals surface area contributed by atoms with E-state index in [9.17, 15) is 4.80 Å². The van der Waals surface area contributed by atoms with E-state index in [4.69, 9.17) is 8.85 Å². The summed E-state index contributed by atoms with van der Waals surface area (Å²) in [7, 11) is 0.00363. The first-order chi connectivity index (χ1) is 6.20. The highest BCUT2D eigenvalue weighted by molar-refractivity contribution is 6.58. The van der Waals surface area contributed by atoms with E-state index in [1.165, 1.54) is 14.2 Å². The van der Waals surface area contributed by atoms with Crippen LogP contribution in [0.2, 0.25) is 0 Å². The molecule has 0 saturated heterocycles. The van der Waals surface area contributed by atoms with Crippen LogP contribution in [-0.4, -0.2) is 27.8 Å². The molecular formula is C9H14O3Si. The van der Waals surface area contributed by atoms with E-state index in [1.54, 1.807) is 0 Å². The largest absolute Gasteiger partial charge is 0.502 e. The molecule has 3 nitrogen and oxygen atoms in total. The predicted octanol–water partition coefficient (Wildman–Crippen LogP) is 0.992. The Hall–Kier alpha value is -0.683. The number of hydrogen-bond acceptors (Lipinski definition) is 3. The molecule has 0 atom stereocenters. The van der Waals surface area contributed by atoms with Gasteiger partial charge in [-0.05, 0) is 5.56 Å². The van der Waals surface area contributed by atoms with E-state index >= 15 is 0 Å². The van der Waals surface area contributed by atoms with Crippen LogP contribution in [0.5, 0.6) is 0 Å². The van der Waals surface area contributed by atoms with Crippen LogP contribution in [0.4, 0.5) is 0 Å². The summed E-state index contributed by atoms with van der Waals surface area (Å²) in [5.74, 6) is 0. The molecular weight excluding hydrogens is 184 g/mol. The molecule has 1 N–H and O–H groups in total. The summed E-state index contributed by atoms with van der Waals surface area (Å²) >= 11 is 0. The van der Waals surface area contributed by atoms with Gasteiger partial charge in [0.05, 0.1) is 0 Å². The van der Waals surface area contributed by atoms with Gasteiger partial charge < -0.3 is 13.6 Å². The lowest BCUT2D eigenvalue weighted by Gasteiger charge is -2.19. The number of benzene rings is 1. The minimum atomic E-state index is -2.94. The third-order valence-corrected chi connectivity index (χ3v) is 4.04. The summed E-state index contributed by atoms with van der Waals surface area (Å²) in [5, 5.41) is 0. The maximum atomic E-state index is 9.78. The first-order valence-corrected chi connectivity index (χ1v) is 6.04. The molecule has 13 heavy (non-hydrogen) atoms. The second-order valence-electron chi connectivity index (χ2n) is 2.78. The lowest BCUT2D eigenvalue weighted by molar-refractivity contribution is 0.150. The zero-order chi connectivity index (χ0) is 9.73. The van der Waals surface area contributed by atoms with Crippen LogP contribution in [-0.2, 0) is 14.9 Å². The summed E-state index contributed by atoms with van der Waals surface area (Å²) in [6, 6.07) is 10.1. The fourth-order valence-corrected chi connectivity index (χ4v) is 2.29. The van der Waals surface area contributed by atoms with Crippen LogP contribution < -0.4 is 0 Å². The molecule has 1 aromatic rings. The molecule has 0 spiro atoms. The fourth-order valence-electron chi connectivity index (χ4n) is 1.08. The van der Waals surface area contributed by atoms with Crippen LogP contribution >= 0.6 is 0 Å². The smallest absolute Gasteiger partial charge is 0.390 e. The Bertz CT molecular complexity index is 246. The molecule has 1 rings (SSSR count). The van der Waals surface area contributed by atoms with E-state index in [1.807, 2.05) is 30.3 Å². The minimum absolute atomic E-state index is 0.459. The Morgan fingerprint density at radius 1 is 1.15 bits per heavy atom. The monoisotopic (exact) mass is 198 g/mol. The standard InChI is InChI=1S/C9H14O3Si/c1-11-13(10,12-2)8-9-6-4-3-5-7-9/h3-7,10H,8H2,1-2H3. The lowest BCUT2D eigenvalue weighted by Crippen LogP contribution is -2.43. The summed E-state index contributed by atoms with van der Waals surface area (Å²) in [6.07, 6.45) is 0. The molecule has 1 aromatic carbocycles. The number of rotatable bonds is 4. The zero-order valence-corrected chi connectivity index (χ0v) is 8.86. The molecule has 0 aromatic heterocycles. The SMILES string of the molecule is CO[Si](O)(Cc1ccccc1)OC. The second kappa shape index (κ2) is 4.52. The summed E-state index contributed by atoms with van der Waals surface area (Å²) in [4.78, 5) is 9.78. The average Bonchev–Trinajstić information content (AvgIpc) is 2.19. The van der Waals surface area contributed by atoms with Gasteiger partial charge in [-0.25, -0.2) is 0 Å². The van der Waals surface area contributed by atoms with Crippen LogP contribution in [0, 0.1) is 0 Å². The van der Waals surface area contributed by atoms with Crippen molar-refractivity contribution in [1.29, 1.82) is 0 Å². The molecule has 0 radical (unpaired) electrons. The Morgan fingerprint density at radius 3 is 2.15 bits per heavy atom. The molecule has 72 valence electrons. The molecule has 0 aliphatic rings. The maximum Gasteiger partial charge on any atom is 0.502 e. The summed E-state index contributed by atoms with van der Waals surface area (Å²) in [5.41, 5.74) is 1.03. The van der Waals surface area contributed by atoms with Gasteiger partial charge in [-0.1, -0.05) is 30.3 Å². The van der Waals surface area contributed by atoms with Gasteiger partial charge in [-0.15, -0.1) is 0 Å². The predicted molar refractivity (Wildman–Crippen MR) is 52.1 cm³/mol. The van der Waals surface area contributed by atoms with Crippen molar-refractivity contribution in [1.82, 2.24) is 0 Å². The van der Waals surface area contributed by atoms with Crippen molar-refractivity contribution < 1.29 is 13.6 Å². The van der Waals surface area contributed by atoms with Crippen molar-refractivity contribution in [2.24, 2.45) is 0 Å². The Balaban J connectivity index is 2.68. The Morgan fingerprint density at radius 2 is 1.69 bits per heavy atom. The van der Waals surface area contributed by atoms with Gasteiger partial charge in [-0.3, -0.25) is 0 Å². The van der Waals surface area contributed by atoms with Gasteiger partial charge in [0.15, 0.2) is 0 Å². The van der Waals surface area contributed by atoms with Crippen molar-refractivity contribution in [3.8, 4) is 0 Å². The van der Waals surface area contributed by atoms with Crippen LogP contribution in [0.25, 0.3) is 0 Å². The maximum absolute atomic E-state index is 9.78. The first-order valence-electron chi connectivity index (χ1n) is 4.07. The highest BCUT2D eigenvalue weighted by Crippen LogP contribution is 2.09. The quantitative estimate of drug-likeness (QED) is 0.733. The summed E-state index contributed by atoms with van der Waals surface area (Å²) in [6.45, 7) is 0. The van der Waals surface area contributed by atoms with E-state index in [0.717, 1.165) is 5.56 Å². The highest BCUT2D eigenvalue weighted by atomic mass is 28.4. The normalized spacial score (nSPS) is 11.6. The van der Waals surface area contributed by atoms with Gasteiger partial charge in [0, 0.05) is 20.3 Å². The average molecular weight is 198 g/mol. The molecule has 0 amide bonds. The number of hydrogen-bond donors (Lipinski definition) is 1. The van der Waals surface area contributed by atoms with Gasteiger partial charge in [0.25, 0.3) is 0 Å². The molecule has 0 heterocycles. The molecule has 0 saturated carbocycles. The van der Waals surface area contributed by atoms with E-state index in [-0.39, 0.29) is 0 Å². The van der Waals surface area contributed by atoms with E-state index in [2.05, 4.69) is 0 Å². The minimum Gasteiger partial charge on any atom is -0.390 e. The zero-order valence-electron chi connectivity index (χ0n) is 7.86. The molecule has 4 heteroatoms. The third-order valence-electron chi connectivity index (χ3n) is 1.91. The van der Waals surface area contributed by atoms with Gasteiger partial charge >= 0.3 is 8.80 Å². The van der Waals surface area contributed by atoms with E-state index in [0.29, 0.717) is 6.04 Å². The van der Waals surface area contributed by atoms with Crippen LogP contribution in [0.1, 0.15) is 5.56 Å². The van der Waals surface area contributed by atoms with Crippen LogP contribution in [0.15, 0.2) is 30.3 Å². The van der Waals surface area contributed by atoms with Crippen molar-refractivity contribution >= 4 is 8.80 Å². The van der Waals surface area contributed by atoms with Gasteiger partial charge in [0.2, 0.25) is 0 Å². The fraction of sp³-hybridized carbons (Fsp3) is 0.333. The molecule has 0 fully saturated rings. The highest BCUT2D eigenvalue weighted by Gasteiger charge is 2.34. The van der Waals surface area contributed by atoms with Gasteiger partial charge in [0.1, 0.15) is 0 Å². The second-order valence-corrected chi connectivity index (χ2v) is 5.38. The van der Waals surface area contributed by atoms with E-state index < -0.39 is 8.80 Å². The van der Waals surface area contributed by atoms with Crippen molar-refractivity contribution in [3.63, 3.8) is 0 Å². The van der Waals surface area contributed by atoms with Crippen molar-refractivity contribution in [3.05, 3.63) is 35.9 Å². The topological polar surface area (TPSA) is 38.7 Å². The lowest BCUT2D eigenvalue weighted by atomic mass is 10.2. The Labute approximate surface area is 79.3 Å². The molecule has 0 unspecified atom stereocenters. The third kappa shape index (κ3) is 2.93. The summed E-state index contributed by atoms with van der Waals surface area (Å²) < 4.78 is 9.93. The Kier molecular flexibility index (Phi) is 3.62. The van der Waals surface area contributed by atoms with Crippen molar-refractivity contribution in [2.75, 3.05) is 14.2 Å². The molecule has 0 aliphatic heterocycles. The van der Waals surface area contributed by atoms with Crippen molar-refractivity contribution in [2.45, 2.75) is 6.04 Å².